The van der Waals surface area contributed by atoms with Crippen LogP contribution in [-0.4, -0.2) is 23.3 Å². The average molecular weight is 316 g/mol. The highest BCUT2D eigenvalue weighted by atomic mass is 79.9. The number of nitrogens with zero attached hydrogens (tertiary/aromatic N) is 2. The highest BCUT2D eigenvalue weighted by Gasteiger charge is 2.13. The molecule has 2 N–H and O–H groups in total. The first-order chi connectivity index (χ1) is 8.52. The Morgan fingerprint density at radius 3 is 2.94 bits per heavy atom. The molecule has 18 heavy (non-hydrogen) atoms. The maximum Gasteiger partial charge on any atom is 0.201 e. The number of benzene rings is 1. The Labute approximate surface area is 113 Å². The number of halogens is 2. The number of nitrogens with two attached hydrogens (primary N) is 1. The maximum atomic E-state index is 13.4. The lowest BCUT2D eigenvalue weighted by molar-refractivity contribution is 0.152. The molecule has 0 saturated heterocycles. The van der Waals surface area contributed by atoms with Gasteiger partial charge >= 0.3 is 0 Å². The number of hydrogen-bond acceptors (Lipinski definition) is 3. The van der Waals surface area contributed by atoms with Crippen molar-refractivity contribution in [2.75, 3.05) is 19.5 Å². The van der Waals surface area contributed by atoms with Gasteiger partial charge in [-0.1, -0.05) is 6.92 Å². The molecule has 1 heterocycles. The summed E-state index contributed by atoms with van der Waals surface area (Å²) in [6.07, 6.45) is 0. The van der Waals surface area contributed by atoms with Gasteiger partial charge in [0.1, 0.15) is 5.82 Å². The van der Waals surface area contributed by atoms with Crippen LogP contribution in [0.5, 0.6) is 0 Å². The number of nitrogen functional groups attached to an aromatic ring is 1. The van der Waals surface area contributed by atoms with E-state index in [2.05, 4.69) is 27.8 Å². The maximum absolute atomic E-state index is 13.4. The average Bonchev–Trinajstić information content (AvgIpc) is 2.57. The van der Waals surface area contributed by atoms with Crippen LogP contribution in [-0.2, 0) is 11.3 Å². The van der Waals surface area contributed by atoms with Crippen LogP contribution >= 0.6 is 15.9 Å². The minimum Gasteiger partial charge on any atom is -0.384 e. The summed E-state index contributed by atoms with van der Waals surface area (Å²) in [5, 5.41) is 0. The first kappa shape index (κ1) is 13.3. The molecule has 1 unspecified atom stereocenters. The standard InChI is InChI=1S/C12H15BrFN3O/c1-7(6-18-2)5-17-11-3-8(13)9(14)4-10(11)16-12(17)15/h3-4,7H,5-6H2,1-2H3,(H2,15,16). The van der Waals surface area contributed by atoms with Gasteiger partial charge in [0.05, 0.1) is 22.1 Å². The molecule has 4 nitrogen and oxygen atoms in total. The summed E-state index contributed by atoms with van der Waals surface area (Å²) in [5.41, 5.74) is 7.26. The van der Waals surface area contributed by atoms with Crippen LogP contribution in [0.25, 0.3) is 11.0 Å². The third-order valence-corrected chi connectivity index (χ3v) is 3.37. The molecule has 0 amide bonds. The molecule has 6 heteroatoms. The zero-order chi connectivity index (χ0) is 13.3. The zero-order valence-electron chi connectivity index (χ0n) is 10.3. The lowest BCUT2D eigenvalue weighted by atomic mass is 10.2. The van der Waals surface area contributed by atoms with E-state index < -0.39 is 0 Å². The Bertz CT molecular complexity index is 570. The summed E-state index contributed by atoms with van der Waals surface area (Å²) in [6, 6.07) is 3.08. The third kappa shape index (κ3) is 2.49. The van der Waals surface area contributed by atoms with Gasteiger partial charge in [0.15, 0.2) is 0 Å². The molecule has 98 valence electrons. The lowest BCUT2D eigenvalue weighted by Gasteiger charge is -2.13. The highest BCUT2D eigenvalue weighted by Crippen LogP contribution is 2.25. The molecule has 0 fully saturated rings. The normalized spacial score (nSPS) is 13.1. The fourth-order valence-corrected chi connectivity index (χ4v) is 2.31. The van der Waals surface area contributed by atoms with E-state index in [-0.39, 0.29) is 5.82 Å². The van der Waals surface area contributed by atoms with E-state index >= 15 is 0 Å². The van der Waals surface area contributed by atoms with Crippen LogP contribution in [0.4, 0.5) is 10.3 Å². The van der Waals surface area contributed by atoms with Crippen LogP contribution in [0.2, 0.25) is 0 Å². The summed E-state index contributed by atoms with van der Waals surface area (Å²) >= 11 is 3.18. The van der Waals surface area contributed by atoms with Crippen molar-refractivity contribution in [3.63, 3.8) is 0 Å². The molecule has 1 atom stereocenters. The van der Waals surface area contributed by atoms with Gasteiger partial charge in [-0.2, -0.15) is 0 Å². The number of anilines is 1. The molecule has 0 saturated carbocycles. The Hall–Kier alpha value is -1.14. The number of fused-ring (bicyclic) bond motifs is 1. The second kappa shape index (κ2) is 5.24. The quantitative estimate of drug-likeness (QED) is 0.944. The Kier molecular flexibility index (Phi) is 3.87. The van der Waals surface area contributed by atoms with Gasteiger partial charge in [0.25, 0.3) is 0 Å². The summed E-state index contributed by atoms with van der Waals surface area (Å²) in [4.78, 5) is 4.17. The van der Waals surface area contributed by atoms with Crippen molar-refractivity contribution in [2.45, 2.75) is 13.5 Å². The van der Waals surface area contributed by atoms with Crippen LogP contribution in [0.1, 0.15) is 6.92 Å². The molecular weight excluding hydrogens is 301 g/mol. The second-order valence-electron chi connectivity index (χ2n) is 4.40. The molecule has 2 aromatic rings. The Morgan fingerprint density at radius 1 is 1.56 bits per heavy atom. The van der Waals surface area contributed by atoms with Crippen LogP contribution in [0.3, 0.4) is 0 Å². The van der Waals surface area contributed by atoms with Crippen molar-refractivity contribution in [1.82, 2.24) is 9.55 Å². The summed E-state index contributed by atoms with van der Waals surface area (Å²) in [5.74, 6) is 0.362. The fraction of sp³-hybridized carbons (Fsp3) is 0.417. The van der Waals surface area contributed by atoms with Gasteiger partial charge in [0.2, 0.25) is 5.95 Å². The molecule has 2 rings (SSSR count). The molecule has 1 aromatic heterocycles. The first-order valence-electron chi connectivity index (χ1n) is 5.62. The number of ether oxygens (including phenoxy) is 1. The van der Waals surface area contributed by atoms with Gasteiger partial charge < -0.3 is 15.0 Å². The van der Waals surface area contributed by atoms with E-state index in [0.717, 1.165) is 5.52 Å². The van der Waals surface area contributed by atoms with E-state index in [9.17, 15) is 4.39 Å². The summed E-state index contributed by atoms with van der Waals surface area (Å²) in [7, 11) is 1.66. The van der Waals surface area contributed by atoms with Gasteiger partial charge in [-0.25, -0.2) is 9.37 Å². The van der Waals surface area contributed by atoms with Gasteiger partial charge in [-0.3, -0.25) is 0 Å². The van der Waals surface area contributed by atoms with Crippen molar-refractivity contribution in [1.29, 1.82) is 0 Å². The lowest BCUT2D eigenvalue weighted by Crippen LogP contribution is -2.14. The van der Waals surface area contributed by atoms with Crippen molar-refractivity contribution < 1.29 is 9.13 Å². The molecular formula is C12H15BrFN3O. The van der Waals surface area contributed by atoms with E-state index in [1.54, 1.807) is 13.2 Å². The minimum atomic E-state index is -0.336. The second-order valence-corrected chi connectivity index (χ2v) is 5.25. The molecule has 0 aliphatic carbocycles. The zero-order valence-corrected chi connectivity index (χ0v) is 11.9. The molecule has 0 bridgehead atoms. The monoisotopic (exact) mass is 315 g/mol. The predicted molar refractivity (Wildman–Crippen MR) is 72.8 cm³/mol. The predicted octanol–water partition coefficient (Wildman–Crippen LogP) is 2.80. The SMILES string of the molecule is COCC(C)Cn1c(N)nc2cc(F)c(Br)cc21. The van der Waals surface area contributed by atoms with Crippen LogP contribution in [0, 0.1) is 11.7 Å². The van der Waals surface area contributed by atoms with Crippen molar-refractivity contribution >= 4 is 32.9 Å². The van der Waals surface area contributed by atoms with Crippen LogP contribution < -0.4 is 5.73 Å². The van der Waals surface area contributed by atoms with Crippen molar-refractivity contribution in [3.8, 4) is 0 Å². The van der Waals surface area contributed by atoms with E-state index in [0.29, 0.717) is 35.0 Å². The Morgan fingerprint density at radius 2 is 2.28 bits per heavy atom. The number of rotatable bonds is 4. The number of imidazole rings is 1. The highest BCUT2D eigenvalue weighted by molar-refractivity contribution is 9.10. The molecule has 0 radical (unpaired) electrons. The minimum absolute atomic E-state index is 0.304. The largest absolute Gasteiger partial charge is 0.384 e. The number of methoxy groups -OCH3 is 1. The van der Waals surface area contributed by atoms with Gasteiger partial charge in [-0.15, -0.1) is 0 Å². The Balaban J connectivity index is 2.43. The van der Waals surface area contributed by atoms with E-state index in [4.69, 9.17) is 10.5 Å². The van der Waals surface area contributed by atoms with Gasteiger partial charge in [0, 0.05) is 19.7 Å². The smallest absolute Gasteiger partial charge is 0.201 e. The number of hydrogen-bond donors (Lipinski definition) is 1. The first-order valence-corrected chi connectivity index (χ1v) is 6.42. The molecule has 0 aliphatic heterocycles. The third-order valence-electron chi connectivity index (χ3n) is 2.77. The topological polar surface area (TPSA) is 53.1 Å². The fourth-order valence-electron chi connectivity index (χ4n) is 1.98. The van der Waals surface area contributed by atoms with Crippen molar-refractivity contribution in [3.05, 3.63) is 22.4 Å². The summed E-state index contributed by atoms with van der Waals surface area (Å²) < 4.78 is 20.8. The number of aromatic nitrogens is 2. The van der Waals surface area contributed by atoms with E-state index in [1.807, 2.05) is 4.57 Å². The summed E-state index contributed by atoms with van der Waals surface area (Å²) in [6.45, 7) is 3.39. The molecule has 1 aromatic carbocycles. The van der Waals surface area contributed by atoms with Gasteiger partial charge in [-0.05, 0) is 27.9 Å². The van der Waals surface area contributed by atoms with E-state index in [1.165, 1.54) is 6.07 Å². The van der Waals surface area contributed by atoms with Crippen molar-refractivity contribution in [2.24, 2.45) is 5.92 Å². The van der Waals surface area contributed by atoms with Crippen LogP contribution in [0.15, 0.2) is 16.6 Å². The molecule has 0 spiro atoms. The molecule has 0 aliphatic rings.